The molecule has 0 spiro atoms. The van der Waals surface area contributed by atoms with Gasteiger partial charge in [0.25, 0.3) is 0 Å². The average molecular weight is 283 g/mol. The predicted molar refractivity (Wildman–Crippen MR) is 76.5 cm³/mol. The van der Waals surface area contributed by atoms with E-state index >= 15 is 0 Å². The second-order valence-electron chi connectivity index (χ2n) is 4.93. The normalized spacial score (nSPS) is 14.7. The van der Waals surface area contributed by atoms with Gasteiger partial charge in [0.1, 0.15) is 0 Å². The summed E-state index contributed by atoms with van der Waals surface area (Å²) >= 11 is 5.88. The number of hydrogen-bond donors (Lipinski definition) is 2. The van der Waals surface area contributed by atoms with Crippen LogP contribution < -0.4 is 5.32 Å². The summed E-state index contributed by atoms with van der Waals surface area (Å²) in [6, 6.07) is 5.85. The second kappa shape index (κ2) is 6.37. The van der Waals surface area contributed by atoms with Crippen molar-refractivity contribution >= 4 is 23.2 Å². The Morgan fingerprint density at radius 3 is 2.84 bits per heavy atom. The van der Waals surface area contributed by atoms with Gasteiger partial charge in [-0.05, 0) is 43.5 Å². The summed E-state index contributed by atoms with van der Waals surface area (Å²) in [5.41, 5.74) is 1.73. The van der Waals surface area contributed by atoms with Crippen molar-refractivity contribution in [2.75, 3.05) is 25.0 Å². The van der Waals surface area contributed by atoms with Crippen LogP contribution in [0.25, 0.3) is 0 Å². The number of carbonyl (C=O) groups is 1. The van der Waals surface area contributed by atoms with Crippen molar-refractivity contribution in [2.45, 2.75) is 25.8 Å². The highest BCUT2D eigenvalue weighted by Crippen LogP contribution is 2.26. The minimum atomic E-state index is -0.0502. The topological polar surface area (TPSA) is 52.6 Å². The average Bonchev–Trinajstić information content (AvgIpc) is 3.16. The van der Waals surface area contributed by atoms with Crippen molar-refractivity contribution in [1.29, 1.82) is 0 Å². The van der Waals surface area contributed by atoms with Crippen LogP contribution in [0.2, 0.25) is 5.02 Å². The molecule has 1 fully saturated rings. The summed E-state index contributed by atoms with van der Waals surface area (Å²) in [6.45, 7) is 2.88. The Labute approximate surface area is 118 Å². The molecule has 1 amide bonds. The number of halogens is 1. The molecule has 0 unspecified atom stereocenters. The fourth-order valence-electron chi connectivity index (χ4n) is 2.10. The number of carbonyl (C=O) groups excluding carboxylic acids is 1. The van der Waals surface area contributed by atoms with Crippen LogP contribution >= 0.6 is 11.6 Å². The monoisotopic (exact) mass is 282 g/mol. The van der Waals surface area contributed by atoms with Gasteiger partial charge < -0.3 is 10.4 Å². The number of hydrogen-bond acceptors (Lipinski definition) is 3. The van der Waals surface area contributed by atoms with Crippen molar-refractivity contribution in [3.63, 3.8) is 0 Å². The number of nitrogens with one attached hydrogen (secondary N) is 1. The number of amides is 1. The van der Waals surface area contributed by atoms with Crippen LogP contribution in [0.1, 0.15) is 18.4 Å². The molecule has 1 aromatic rings. The second-order valence-corrected chi connectivity index (χ2v) is 5.37. The molecule has 0 aromatic heterocycles. The summed E-state index contributed by atoms with van der Waals surface area (Å²) in [5, 5.41) is 12.6. The first-order valence-corrected chi connectivity index (χ1v) is 6.89. The summed E-state index contributed by atoms with van der Waals surface area (Å²) < 4.78 is 0. The number of benzene rings is 1. The van der Waals surface area contributed by atoms with Crippen LogP contribution in [0.15, 0.2) is 18.2 Å². The molecule has 0 saturated heterocycles. The quantitative estimate of drug-likeness (QED) is 0.840. The largest absolute Gasteiger partial charge is 0.395 e. The van der Waals surface area contributed by atoms with E-state index in [4.69, 9.17) is 16.7 Å². The summed E-state index contributed by atoms with van der Waals surface area (Å²) in [6.07, 6.45) is 2.24. The van der Waals surface area contributed by atoms with Gasteiger partial charge in [-0.15, -0.1) is 0 Å². The Morgan fingerprint density at radius 2 is 2.26 bits per heavy atom. The molecule has 0 radical (unpaired) electrons. The van der Waals surface area contributed by atoms with Crippen molar-refractivity contribution in [3.05, 3.63) is 28.8 Å². The molecule has 1 aromatic carbocycles. The summed E-state index contributed by atoms with van der Waals surface area (Å²) in [7, 11) is 0. The number of aliphatic hydroxyl groups excluding tert-OH is 1. The first-order chi connectivity index (χ1) is 9.10. The van der Waals surface area contributed by atoms with Gasteiger partial charge in [0, 0.05) is 23.3 Å². The molecule has 2 N–H and O–H groups in total. The van der Waals surface area contributed by atoms with Gasteiger partial charge in [-0.1, -0.05) is 11.6 Å². The van der Waals surface area contributed by atoms with E-state index in [1.54, 1.807) is 6.07 Å². The fourth-order valence-corrected chi connectivity index (χ4v) is 2.33. The predicted octanol–water partition coefficient (Wildman–Crippen LogP) is 2.04. The van der Waals surface area contributed by atoms with E-state index in [2.05, 4.69) is 5.32 Å². The maximum atomic E-state index is 12.0. The fraction of sp³-hybridized carbons (Fsp3) is 0.500. The standard InChI is InChI=1S/C14H19ClN2O2/c1-10-8-11(15)2-5-13(10)16-14(19)9-17(6-7-18)12-3-4-12/h2,5,8,12,18H,3-4,6-7,9H2,1H3,(H,16,19). The van der Waals surface area contributed by atoms with Crippen molar-refractivity contribution in [1.82, 2.24) is 4.90 Å². The van der Waals surface area contributed by atoms with Gasteiger partial charge in [0.15, 0.2) is 0 Å². The Morgan fingerprint density at radius 1 is 1.53 bits per heavy atom. The molecule has 4 nitrogen and oxygen atoms in total. The summed E-state index contributed by atoms with van der Waals surface area (Å²) in [5.74, 6) is -0.0502. The highest BCUT2D eigenvalue weighted by atomic mass is 35.5. The third-order valence-electron chi connectivity index (χ3n) is 3.26. The van der Waals surface area contributed by atoms with E-state index in [0.29, 0.717) is 24.2 Å². The first kappa shape index (κ1) is 14.3. The van der Waals surface area contributed by atoms with Gasteiger partial charge in [0.05, 0.1) is 13.2 Å². The molecule has 0 bridgehead atoms. The van der Waals surface area contributed by atoms with Gasteiger partial charge in [-0.25, -0.2) is 0 Å². The molecule has 0 aliphatic heterocycles. The van der Waals surface area contributed by atoms with E-state index in [9.17, 15) is 4.79 Å². The van der Waals surface area contributed by atoms with Gasteiger partial charge >= 0.3 is 0 Å². The zero-order chi connectivity index (χ0) is 13.8. The first-order valence-electron chi connectivity index (χ1n) is 6.51. The van der Waals surface area contributed by atoms with E-state index in [0.717, 1.165) is 24.1 Å². The molecule has 1 aliphatic carbocycles. The smallest absolute Gasteiger partial charge is 0.238 e. The summed E-state index contributed by atoms with van der Waals surface area (Å²) in [4.78, 5) is 14.0. The Kier molecular flexibility index (Phi) is 4.80. The number of rotatable bonds is 6. The lowest BCUT2D eigenvalue weighted by atomic mass is 10.2. The van der Waals surface area contributed by atoms with Crippen LogP contribution in [-0.4, -0.2) is 41.7 Å². The van der Waals surface area contributed by atoms with Crippen molar-refractivity contribution in [3.8, 4) is 0 Å². The Hall–Kier alpha value is -1.10. The number of anilines is 1. The van der Waals surface area contributed by atoms with Gasteiger partial charge in [0.2, 0.25) is 5.91 Å². The van der Waals surface area contributed by atoms with Crippen LogP contribution in [0, 0.1) is 6.92 Å². The minimum absolute atomic E-state index is 0.0502. The number of aryl methyl sites for hydroxylation is 1. The van der Waals surface area contributed by atoms with Crippen LogP contribution in [0.4, 0.5) is 5.69 Å². The van der Waals surface area contributed by atoms with E-state index < -0.39 is 0 Å². The molecule has 0 heterocycles. The highest BCUT2D eigenvalue weighted by molar-refractivity contribution is 6.30. The molecule has 1 aliphatic rings. The van der Waals surface area contributed by atoms with E-state index in [1.165, 1.54) is 0 Å². The highest BCUT2D eigenvalue weighted by Gasteiger charge is 2.29. The third-order valence-corrected chi connectivity index (χ3v) is 3.49. The third kappa shape index (κ3) is 4.20. The van der Waals surface area contributed by atoms with Crippen LogP contribution in [0.3, 0.4) is 0 Å². The number of nitrogens with zero attached hydrogens (tertiary/aromatic N) is 1. The maximum Gasteiger partial charge on any atom is 0.238 e. The maximum absolute atomic E-state index is 12.0. The van der Waals surface area contributed by atoms with Crippen molar-refractivity contribution < 1.29 is 9.90 Å². The molecule has 2 rings (SSSR count). The lowest BCUT2D eigenvalue weighted by Crippen LogP contribution is -2.36. The van der Waals surface area contributed by atoms with Crippen LogP contribution in [0.5, 0.6) is 0 Å². The number of aliphatic hydroxyl groups is 1. The molecule has 0 atom stereocenters. The molecular formula is C14H19ClN2O2. The zero-order valence-corrected chi connectivity index (χ0v) is 11.8. The molecular weight excluding hydrogens is 264 g/mol. The van der Waals surface area contributed by atoms with E-state index in [-0.39, 0.29) is 12.5 Å². The van der Waals surface area contributed by atoms with Crippen molar-refractivity contribution in [2.24, 2.45) is 0 Å². The van der Waals surface area contributed by atoms with E-state index in [1.807, 2.05) is 24.0 Å². The lowest BCUT2D eigenvalue weighted by molar-refractivity contribution is -0.117. The molecule has 5 heteroatoms. The lowest BCUT2D eigenvalue weighted by Gasteiger charge is -2.20. The van der Waals surface area contributed by atoms with Gasteiger partial charge in [-0.2, -0.15) is 0 Å². The Bertz CT molecular complexity index is 461. The molecule has 19 heavy (non-hydrogen) atoms. The minimum Gasteiger partial charge on any atom is -0.395 e. The van der Waals surface area contributed by atoms with Crippen LogP contribution in [-0.2, 0) is 4.79 Å². The zero-order valence-electron chi connectivity index (χ0n) is 11.0. The van der Waals surface area contributed by atoms with Gasteiger partial charge in [-0.3, -0.25) is 9.69 Å². The SMILES string of the molecule is Cc1cc(Cl)ccc1NC(=O)CN(CCO)C1CC1. The molecule has 104 valence electrons. The molecule has 1 saturated carbocycles. The Balaban J connectivity index is 1.92.